The van der Waals surface area contributed by atoms with E-state index in [0.29, 0.717) is 25.7 Å². The van der Waals surface area contributed by atoms with Crippen LogP contribution in [0.5, 0.6) is 0 Å². The molecule has 0 heterocycles. The molecule has 0 spiro atoms. The second-order valence-electron chi connectivity index (χ2n) is 19.1. The van der Waals surface area contributed by atoms with E-state index in [4.69, 9.17) is 0 Å². The summed E-state index contributed by atoms with van der Waals surface area (Å²) in [6.45, 7) is 9.02. The van der Waals surface area contributed by atoms with Crippen LogP contribution in [0.25, 0.3) is 0 Å². The summed E-state index contributed by atoms with van der Waals surface area (Å²) in [5.41, 5.74) is -0.796. The largest absolute Gasteiger partial charge is 0.328 e. The predicted molar refractivity (Wildman–Crippen MR) is 272 cm³/mol. The second-order valence-corrected chi connectivity index (χ2v) is 22.9. The predicted octanol–water partition coefficient (Wildman–Crippen LogP) is 18.7. The molecule has 0 fully saturated rings. The maximum Gasteiger partial charge on any atom is 0.328 e. The first-order valence-corrected chi connectivity index (χ1v) is 30.5. The molecule has 0 aliphatic rings. The van der Waals surface area contributed by atoms with E-state index in [0.717, 1.165) is 51.4 Å². The molecule has 0 rings (SSSR count). The fraction of sp³-hybridized carbons (Fsp3) is 1.00. The van der Waals surface area contributed by atoms with Gasteiger partial charge >= 0.3 is 15.2 Å². The molecule has 61 heavy (non-hydrogen) atoms. The van der Waals surface area contributed by atoms with Crippen LogP contribution in [-0.4, -0.2) is 58.2 Å². The van der Waals surface area contributed by atoms with E-state index < -0.39 is 26.5 Å². The zero-order valence-electron chi connectivity index (χ0n) is 41.7. The Morgan fingerprint density at radius 3 is 0.475 bits per heavy atom. The standard InChI is InChI=1S/2C26H55O3P.Pb/c2*1-3-5-7-9-11-13-15-17-19-21-23-25-26(30(27,28)29)24-22-20-18-16-14-12-10-8-6-4-2;/h2*26H,3-25H2,1-2H3,(H2,27,28,29);. The van der Waals surface area contributed by atoms with Gasteiger partial charge in [0.15, 0.2) is 0 Å². The van der Waals surface area contributed by atoms with Crippen molar-refractivity contribution in [2.75, 3.05) is 0 Å². The molecule has 0 amide bonds. The molecule has 368 valence electrons. The smallest absolute Gasteiger partial charge is 0.324 e. The molecule has 0 aromatic carbocycles. The van der Waals surface area contributed by atoms with Crippen molar-refractivity contribution in [1.29, 1.82) is 0 Å². The summed E-state index contributed by atoms with van der Waals surface area (Å²) in [5, 5.41) is 0. The SMILES string of the molecule is CCCCCCCCCCCCCC(CCCCCCCCCCCC)P(=O)(O)O.CCCCCCCCCCCCCC(CCCCCCCCCCCC)P(=O)(O)O.[Pb]. The van der Waals surface area contributed by atoms with Crippen molar-refractivity contribution in [1.82, 2.24) is 0 Å². The number of hydrogen-bond donors (Lipinski definition) is 4. The first kappa shape index (κ1) is 66.5. The molecule has 0 aliphatic heterocycles. The van der Waals surface area contributed by atoms with E-state index in [2.05, 4.69) is 27.7 Å². The molecule has 4 radical (unpaired) electrons. The van der Waals surface area contributed by atoms with E-state index in [-0.39, 0.29) is 27.3 Å². The average molecular weight is 1100 g/mol. The molecule has 0 aliphatic carbocycles. The Morgan fingerprint density at radius 2 is 0.361 bits per heavy atom. The van der Waals surface area contributed by atoms with Crippen LogP contribution in [0.4, 0.5) is 0 Å². The number of rotatable bonds is 48. The normalized spacial score (nSPS) is 12.9. The van der Waals surface area contributed by atoms with Gasteiger partial charge in [0.2, 0.25) is 0 Å². The summed E-state index contributed by atoms with van der Waals surface area (Å²) in [6.07, 6.45) is 56.5. The molecular formula is C52H110O6P2Pb. The van der Waals surface area contributed by atoms with Gasteiger partial charge in [-0.3, -0.25) is 9.13 Å². The Hall–Kier alpha value is 1.22. The van der Waals surface area contributed by atoms with Crippen LogP contribution in [-0.2, 0) is 9.13 Å². The zero-order chi connectivity index (χ0) is 44.7. The molecular weight excluding hydrogens is 990 g/mol. The van der Waals surface area contributed by atoms with E-state index >= 15 is 0 Å². The van der Waals surface area contributed by atoms with Gasteiger partial charge in [-0.25, -0.2) is 0 Å². The van der Waals surface area contributed by atoms with E-state index in [1.807, 2.05) is 0 Å². The Labute approximate surface area is 403 Å². The summed E-state index contributed by atoms with van der Waals surface area (Å²) in [6, 6.07) is 0. The van der Waals surface area contributed by atoms with E-state index in [1.54, 1.807) is 0 Å². The van der Waals surface area contributed by atoms with Crippen molar-refractivity contribution in [2.45, 2.75) is 334 Å². The van der Waals surface area contributed by atoms with E-state index in [1.165, 1.54) is 218 Å². The number of unbranched alkanes of at least 4 members (excludes halogenated alkanes) is 38. The Kier molecular flexibility index (Phi) is 56.9. The van der Waals surface area contributed by atoms with Gasteiger partial charge in [-0.05, 0) is 25.7 Å². The molecule has 0 bridgehead atoms. The molecule has 0 aromatic heterocycles. The number of hydrogen-bond acceptors (Lipinski definition) is 2. The summed E-state index contributed by atoms with van der Waals surface area (Å²) in [4.78, 5) is 38.8. The van der Waals surface area contributed by atoms with Crippen molar-refractivity contribution in [2.24, 2.45) is 0 Å². The quantitative estimate of drug-likeness (QED) is 0.0274. The van der Waals surface area contributed by atoms with Crippen LogP contribution in [0.2, 0.25) is 0 Å². The van der Waals surface area contributed by atoms with Crippen molar-refractivity contribution >= 4 is 42.5 Å². The van der Waals surface area contributed by atoms with Crippen LogP contribution < -0.4 is 0 Å². The minimum atomic E-state index is -3.93. The molecule has 0 aromatic rings. The average Bonchev–Trinajstić information content (AvgIpc) is 3.21. The van der Waals surface area contributed by atoms with Gasteiger partial charge in [0.05, 0.1) is 11.3 Å². The Morgan fingerprint density at radius 1 is 0.246 bits per heavy atom. The molecule has 0 saturated heterocycles. The molecule has 9 heteroatoms. The maximum absolute atomic E-state index is 11.8. The summed E-state index contributed by atoms with van der Waals surface area (Å²) in [5.74, 6) is 0. The molecule has 6 nitrogen and oxygen atoms in total. The summed E-state index contributed by atoms with van der Waals surface area (Å²) >= 11 is 0. The van der Waals surface area contributed by atoms with Crippen molar-refractivity contribution < 1.29 is 28.7 Å². The first-order valence-electron chi connectivity index (χ1n) is 27.1. The Bertz CT molecular complexity index is 840. The van der Waals surface area contributed by atoms with Crippen LogP contribution in [0.15, 0.2) is 0 Å². The van der Waals surface area contributed by atoms with Crippen molar-refractivity contribution in [3.05, 3.63) is 0 Å². The van der Waals surface area contributed by atoms with Gasteiger partial charge in [-0.1, -0.05) is 297 Å². The minimum Gasteiger partial charge on any atom is -0.324 e. The zero-order valence-corrected chi connectivity index (χ0v) is 47.4. The Balaban J connectivity index is -0.00000109. The van der Waals surface area contributed by atoms with Crippen molar-refractivity contribution in [3.8, 4) is 0 Å². The van der Waals surface area contributed by atoms with Crippen LogP contribution in [0.1, 0.15) is 323 Å². The third-order valence-corrected chi connectivity index (χ3v) is 16.0. The molecule has 0 saturated carbocycles. The molecule has 2 atom stereocenters. The van der Waals surface area contributed by atoms with Gasteiger partial charge in [0.25, 0.3) is 0 Å². The first-order chi connectivity index (χ1) is 29.0. The van der Waals surface area contributed by atoms with Crippen LogP contribution in [0.3, 0.4) is 0 Å². The van der Waals surface area contributed by atoms with Gasteiger partial charge < -0.3 is 19.6 Å². The fourth-order valence-corrected chi connectivity index (χ4v) is 10.9. The van der Waals surface area contributed by atoms with Crippen LogP contribution >= 0.6 is 15.2 Å². The van der Waals surface area contributed by atoms with Gasteiger partial charge in [-0.15, -0.1) is 0 Å². The van der Waals surface area contributed by atoms with Crippen LogP contribution in [0, 0.1) is 0 Å². The second kappa shape index (κ2) is 52.2. The maximum atomic E-state index is 11.8. The molecule has 4 N–H and O–H groups in total. The van der Waals surface area contributed by atoms with Gasteiger partial charge in [0, 0.05) is 27.3 Å². The minimum absolute atomic E-state index is 0. The topological polar surface area (TPSA) is 115 Å². The fourth-order valence-electron chi connectivity index (χ4n) is 8.78. The van der Waals surface area contributed by atoms with E-state index in [9.17, 15) is 28.7 Å². The van der Waals surface area contributed by atoms with Gasteiger partial charge in [-0.2, -0.15) is 0 Å². The van der Waals surface area contributed by atoms with Crippen molar-refractivity contribution in [3.63, 3.8) is 0 Å². The monoisotopic (exact) mass is 1100 g/mol. The third-order valence-electron chi connectivity index (χ3n) is 13.0. The summed E-state index contributed by atoms with van der Waals surface area (Å²) < 4.78 is 23.7. The van der Waals surface area contributed by atoms with Gasteiger partial charge in [0.1, 0.15) is 0 Å². The molecule has 2 unspecified atom stereocenters. The summed E-state index contributed by atoms with van der Waals surface area (Å²) in [7, 11) is -7.87. The third kappa shape index (κ3) is 53.7.